The van der Waals surface area contributed by atoms with Gasteiger partial charge in [0.25, 0.3) is 0 Å². The molecule has 1 heterocycles. The first kappa shape index (κ1) is 14.0. The molecule has 0 radical (unpaired) electrons. The standard InChI is InChI=1S/C16H23N3/c1-3-19(4-2)11-9-16(17)15-7-5-6-13-12-18-10-8-14(13)15/h5-8,10,12,16H,3-4,9,11,17H2,1-2H3. The number of rotatable bonds is 6. The van der Waals surface area contributed by atoms with E-state index in [0.717, 1.165) is 26.1 Å². The van der Waals surface area contributed by atoms with Crippen molar-refractivity contribution < 1.29 is 0 Å². The van der Waals surface area contributed by atoms with Crippen molar-refractivity contribution in [1.29, 1.82) is 0 Å². The number of hydrogen-bond acceptors (Lipinski definition) is 3. The van der Waals surface area contributed by atoms with E-state index in [1.54, 1.807) is 0 Å². The molecule has 0 saturated heterocycles. The van der Waals surface area contributed by atoms with Crippen molar-refractivity contribution in [1.82, 2.24) is 9.88 Å². The third-order valence-electron chi connectivity index (χ3n) is 3.76. The van der Waals surface area contributed by atoms with Crippen molar-refractivity contribution in [2.24, 2.45) is 5.73 Å². The fraction of sp³-hybridized carbons (Fsp3) is 0.438. The Kier molecular flexibility index (Phi) is 4.88. The Morgan fingerprint density at radius 1 is 1.21 bits per heavy atom. The number of nitrogens with two attached hydrogens (primary N) is 1. The third-order valence-corrected chi connectivity index (χ3v) is 3.76. The number of nitrogens with zero attached hydrogens (tertiary/aromatic N) is 2. The molecule has 1 aromatic heterocycles. The van der Waals surface area contributed by atoms with E-state index in [-0.39, 0.29) is 6.04 Å². The maximum Gasteiger partial charge on any atom is 0.0346 e. The highest BCUT2D eigenvalue weighted by molar-refractivity contribution is 5.85. The van der Waals surface area contributed by atoms with Gasteiger partial charge in [0, 0.05) is 23.8 Å². The Labute approximate surface area is 115 Å². The van der Waals surface area contributed by atoms with Crippen LogP contribution in [0.3, 0.4) is 0 Å². The molecule has 3 heteroatoms. The highest BCUT2D eigenvalue weighted by atomic mass is 15.1. The largest absolute Gasteiger partial charge is 0.324 e. The molecule has 1 unspecified atom stereocenters. The maximum atomic E-state index is 6.37. The molecule has 0 amide bonds. The summed E-state index contributed by atoms with van der Waals surface area (Å²) in [4.78, 5) is 6.57. The molecule has 19 heavy (non-hydrogen) atoms. The lowest BCUT2D eigenvalue weighted by atomic mass is 9.98. The topological polar surface area (TPSA) is 42.1 Å². The van der Waals surface area contributed by atoms with Gasteiger partial charge in [0.2, 0.25) is 0 Å². The lowest BCUT2D eigenvalue weighted by Crippen LogP contribution is -2.27. The molecule has 1 atom stereocenters. The van der Waals surface area contributed by atoms with Gasteiger partial charge in [-0.25, -0.2) is 0 Å². The summed E-state index contributed by atoms with van der Waals surface area (Å²) in [6.45, 7) is 7.61. The second-order valence-corrected chi connectivity index (χ2v) is 4.87. The van der Waals surface area contributed by atoms with E-state index in [1.807, 2.05) is 12.4 Å². The summed E-state index contributed by atoms with van der Waals surface area (Å²) in [5.41, 5.74) is 7.60. The highest BCUT2D eigenvalue weighted by Crippen LogP contribution is 2.24. The first-order chi connectivity index (χ1) is 9.26. The van der Waals surface area contributed by atoms with Crippen molar-refractivity contribution in [2.75, 3.05) is 19.6 Å². The van der Waals surface area contributed by atoms with Crippen molar-refractivity contribution >= 4 is 10.8 Å². The van der Waals surface area contributed by atoms with E-state index in [4.69, 9.17) is 5.73 Å². The Balaban J connectivity index is 2.15. The normalized spacial score (nSPS) is 13.1. The van der Waals surface area contributed by atoms with Crippen LogP contribution in [0.2, 0.25) is 0 Å². The Hall–Kier alpha value is -1.45. The van der Waals surface area contributed by atoms with Crippen LogP contribution >= 0.6 is 0 Å². The van der Waals surface area contributed by atoms with Crippen LogP contribution in [-0.2, 0) is 0 Å². The van der Waals surface area contributed by atoms with Gasteiger partial charge in [-0.3, -0.25) is 4.98 Å². The SMILES string of the molecule is CCN(CC)CCC(N)c1cccc2cnccc12. The first-order valence-corrected chi connectivity index (χ1v) is 7.06. The fourth-order valence-corrected chi connectivity index (χ4v) is 2.49. The fourth-order valence-electron chi connectivity index (χ4n) is 2.49. The molecule has 0 spiro atoms. The van der Waals surface area contributed by atoms with Crippen molar-refractivity contribution in [3.05, 3.63) is 42.2 Å². The molecule has 0 saturated carbocycles. The van der Waals surface area contributed by atoms with Gasteiger partial charge in [0.1, 0.15) is 0 Å². The molecule has 0 fully saturated rings. The molecule has 2 aromatic rings. The van der Waals surface area contributed by atoms with Gasteiger partial charge in [-0.2, -0.15) is 0 Å². The van der Waals surface area contributed by atoms with Gasteiger partial charge in [0.05, 0.1) is 0 Å². The van der Waals surface area contributed by atoms with E-state index >= 15 is 0 Å². The minimum absolute atomic E-state index is 0.0895. The summed E-state index contributed by atoms with van der Waals surface area (Å²) in [6, 6.07) is 8.43. The predicted molar refractivity (Wildman–Crippen MR) is 81.1 cm³/mol. The molecule has 2 rings (SSSR count). The number of aromatic nitrogens is 1. The number of pyridine rings is 1. The second kappa shape index (κ2) is 6.64. The smallest absolute Gasteiger partial charge is 0.0346 e. The molecule has 0 aliphatic heterocycles. The van der Waals surface area contributed by atoms with Crippen LogP contribution in [0, 0.1) is 0 Å². The van der Waals surface area contributed by atoms with Gasteiger partial charge in [-0.05, 0) is 43.1 Å². The Bertz CT molecular complexity index is 515. The van der Waals surface area contributed by atoms with E-state index in [9.17, 15) is 0 Å². The monoisotopic (exact) mass is 257 g/mol. The summed E-state index contributed by atoms with van der Waals surface area (Å²) < 4.78 is 0. The average molecular weight is 257 g/mol. The van der Waals surface area contributed by atoms with Gasteiger partial charge in [0.15, 0.2) is 0 Å². The van der Waals surface area contributed by atoms with Crippen LogP contribution in [0.5, 0.6) is 0 Å². The molecule has 0 aliphatic rings. The molecular weight excluding hydrogens is 234 g/mol. The quantitative estimate of drug-likeness (QED) is 0.865. The summed E-state index contributed by atoms with van der Waals surface area (Å²) >= 11 is 0. The van der Waals surface area contributed by atoms with Crippen molar-refractivity contribution in [2.45, 2.75) is 26.3 Å². The zero-order valence-corrected chi connectivity index (χ0v) is 11.8. The van der Waals surface area contributed by atoms with Crippen LogP contribution in [0.4, 0.5) is 0 Å². The van der Waals surface area contributed by atoms with Gasteiger partial charge >= 0.3 is 0 Å². The van der Waals surface area contributed by atoms with Crippen LogP contribution in [0.25, 0.3) is 10.8 Å². The lowest BCUT2D eigenvalue weighted by molar-refractivity contribution is 0.291. The van der Waals surface area contributed by atoms with Crippen molar-refractivity contribution in [3.63, 3.8) is 0 Å². The molecular formula is C16H23N3. The number of benzene rings is 1. The molecule has 0 aliphatic carbocycles. The van der Waals surface area contributed by atoms with Crippen LogP contribution in [0.1, 0.15) is 31.9 Å². The summed E-state index contributed by atoms with van der Waals surface area (Å²) in [5, 5.41) is 2.39. The molecule has 102 valence electrons. The first-order valence-electron chi connectivity index (χ1n) is 7.06. The minimum Gasteiger partial charge on any atom is -0.324 e. The van der Waals surface area contributed by atoms with E-state index in [1.165, 1.54) is 16.3 Å². The zero-order chi connectivity index (χ0) is 13.7. The van der Waals surface area contributed by atoms with Gasteiger partial charge in [-0.1, -0.05) is 32.0 Å². The Morgan fingerprint density at radius 2 is 2.00 bits per heavy atom. The number of fused-ring (bicyclic) bond motifs is 1. The Morgan fingerprint density at radius 3 is 2.74 bits per heavy atom. The van der Waals surface area contributed by atoms with E-state index in [2.05, 4.69) is 48.0 Å². The van der Waals surface area contributed by atoms with Crippen LogP contribution in [0.15, 0.2) is 36.7 Å². The second-order valence-electron chi connectivity index (χ2n) is 4.87. The lowest BCUT2D eigenvalue weighted by Gasteiger charge is -2.21. The average Bonchev–Trinajstić information content (AvgIpc) is 2.47. The minimum atomic E-state index is 0.0895. The predicted octanol–water partition coefficient (Wildman–Crippen LogP) is 2.97. The molecule has 1 aromatic carbocycles. The summed E-state index contributed by atoms with van der Waals surface area (Å²) in [7, 11) is 0. The van der Waals surface area contributed by atoms with Gasteiger partial charge in [-0.15, -0.1) is 0 Å². The van der Waals surface area contributed by atoms with Crippen LogP contribution in [-0.4, -0.2) is 29.5 Å². The maximum absolute atomic E-state index is 6.37. The van der Waals surface area contributed by atoms with Crippen molar-refractivity contribution in [3.8, 4) is 0 Å². The van der Waals surface area contributed by atoms with E-state index in [0.29, 0.717) is 0 Å². The summed E-state index contributed by atoms with van der Waals surface area (Å²) in [6.07, 6.45) is 4.72. The van der Waals surface area contributed by atoms with E-state index < -0.39 is 0 Å². The third kappa shape index (κ3) is 3.31. The highest BCUT2D eigenvalue weighted by Gasteiger charge is 2.11. The van der Waals surface area contributed by atoms with Crippen LogP contribution < -0.4 is 5.73 Å². The molecule has 3 nitrogen and oxygen atoms in total. The number of hydrogen-bond donors (Lipinski definition) is 1. The zero-order valence-electron chi connectivity index (χ0n) is 11.8. The summed E-state index contributed by atoms with van der Waals surface area (Å²) in [5.74, 6) is 0. The molecule has 2 N–H and O–H groups in total. The molecule has 0 bridgehead atoms. The van der Waals surface area contributed by atoms with Gasteiger partial charge < -0.3 is 10.6 Å².